The van der Waals surface area contributed by atoms with Gasteiger partial charge in [0.05, 0.1) is 22.7 Å². The van der Waals surface area contributed by atoms with E-state index in [0.29, 0.717) is 10.6 Å². The maximum absolute atomic E-state index is 8.95. The molecule has 7 heteroatoms. The molecule has 0 saturated carbocycles. The van der Waals surface area contributed by atoms with E-state index in [1.807, 2.05) is 54.7 Å². The van der Waals surface area contributed by atoms with Crippen molar-refractivity contribution in [1.82, 2.24) is 15.0 Å². The van der Waals surface area contributed by atoms with Gasteiger partial charge < -0.3 is 14.8 Å². The Labute approximate surface area is 179 Å². The standard InChI is InChI=1S/C23H19ClN6/c24-18-4-7-20-21(13-18)28-23(27-20)17-3-8-22(26-15-17)30-11-9-29(10-12-30)19-5-1-16(14-25)2-6-19/h1-8,13,15H,9-12H2,(H,27,28). The second-order valence-electron chi connectivity index (χ2n) is 7.28. The van der Waals surface area contributed by atoms with Crippen LogP contribution in [-0.4, -0.2) is 41.1 Å². The molecule has 0 amide bonds. The molecule has 1 fully saturated rings. The lowest BCUT2D eigenvalue weighted by Crippen LogP contribution is -2.46. The van der Waals surface area contributed by atoms with Crippen LogP contribution in [0.5, 0.6) is 0 Å². The second kappa shape index (κ2) is 7.69. The number of imidazole rings is 1. The number of aromatic nitrogens is 3. The molecule has 148 valence electrons. The Bertz CT molecular complexity index is 1220. The zero-order valence-electron chi connectivity index (χ0n) is 16.2. The van der Waals surface area contributed by atoms with Crippen molar-refractivity contribution >= 4 is 34.1 Å². The lowest BCUT2D eigenvalue weighted by Gasteiger charge is -2.36. The number of hydrogen-bond acceptors (Lipinski definition) is 5. The summed E-state index contributed by atoms with van der Waals surface area (Å²) in [6, 6.07) is 19.7. The van der Waals surface area contributed by atoms with E-state index < -0.39 is 0 Å². The van der Waals surface area contributed by atoms with Gasteiger partial charge in [0.1, 0.15) is 11.6 Å². The fourth-order valence-corrected chi connectivity index (χ4v) is 3.94. The number of benzene rings is 2. The summed E-state index contributed by atoms with van der Waals surface area (Å²) in [4.78, 5) is 17.2. The minimum atomic E-state index is 0.675. The molecular formula is C23H19ClN6. The van der Waals surface area contributed by atoms with Crippen LogP contribution in [0.2, 0.25) is 5.02 Å². The summed E-state index contributed by atoms with van der Waals surface area (Å²) in [6.07, 6.45) is 1.86. The average molecular weight is 415 g/mol. The molecular weight excluding hydrogens is 396 g/mol. The number of nitrogens with one attached hydrogen (secondary N) is 1. The van der Waals surface area contributed by atoms with Crippen LogP contribution in [0.4, 0.5) is 11.5 Å². The third kappa shape index (κ3) is 3.56. The summed E-state index contributed by atoms with van der Waals surface area (Å²) in [5.74, 6) is 1.76. The van der Waals surface area contributed by atoms with Gasteiger partial charge in [-0.1, -0.05) is 11.6 Å². The Morgan fingerprint density at radius 2 is 1.70 bits per heavy atom. The molecule has 30 heavy (non-hydrogen) atoms. The molecule has 4 aromatic rings. The van der Waals surface area contributed by atoms with Gasteiger partial charge in [0, 0.05) is 48.6 Å². The smallest absolute Gasteiger partial charge is 0.140 e. The number of halogens is 1. The molecule has 1 aliphatic rings. The molecule has 1 saturated heterocycles. The number of nitrogens with zero attached hydrogens (tertiary/aromatic N) is 5. The van der Waals surface area contributed by atoms with E-state index in [9.17, 15) is 0 Å². The number of rotatable bonds is 3. The lowest BCUT2D eigenvalue weighted by molar-refractivity contribution is 0.647. The van der Waals surface area contributed by atoms with Gasteiger partial charge in [0.25, 0.3) is 0 Å². The van der Waals surface area contributed by atoms with Crippen LogP contribution in [0.25, 0.3) is 22.4 Å². The van der Waals surface area contributed by atoms with Gasteiger partial charge >= 0.3 is 0 Å². The Balaban J connectivity index is 1.27. The van der Waals surface area contributed by atoms with E-state index in [0.717, 1.165) is 60.1 Å². The number of pyridine rings is 1. The largest absolute Gasteiger partial charge is 0.368 e. The van der Waals surface area contributed by atoms with Gasteiger partial charge in [-0.2, -0.15) is 5.26 Å². The van der Waals surface area contributed by atoms with Crippen LogP contribution in [0.1, 0.15) is 5.56 Å². The number of fused-ring (bicyclic) bond motifs is 1. The highest BCUT2D eigenvalue weighted by Crippen LogP contribution is 2.25. The van der Waals surface area contributed by atoms with Gasteiger partial charge in [0.15, 0.2) is 0 Å². The predicted molar refractivity (Wildman–Crippen MR) is 120 cm³/mol. The molecule has 1 N–H and O–H groups in total. The van der Waals surface area contributed by atoms with Crippen LogP contribution >= 0.6 is 11.6 Å². The minimum absolute atomic E-state index is 0.675. The minimum Gasteiger partial charge on any atom is -0.368 e. The number of aromatic amines is 1. The predicted octanol–water partition coefficient (Wildman–Crippen LogP) is 4.48. The van der Waals surface area contributed by atoms with Gasteiger partial charge in [-0.25, -0.2) is 9.97 Å². The number of piperazine rings is 1. The fourth-order valence-electron chi connectivity index (χ4n) is 3.77. The molecule has 0 bridgehead atoms. The molecule has 0 aliphatic carbocycles. The molecule has 6 nitrogen and oxygen atoms in total. The van der Waals surface area contributed by atoms with Crippen molar-refractivity contribution in [3.05, 3.63) is 71.4 Å². The van der Waals surface area contributed by atoms with Crippen molar-refractivity contribution in [3.63, 3.8) is 0 Å². The molecule has 2 aromatic carbocycles. The van der Waals surface area contributed by atoms with E-state index in [2.05, 4.69) is 36.9 Å². The van der Waals surface area contributed by atoms with Crippen molar-refractivity contribution < 1.29 is 0 Å². The maximum atomic E-state index is 8.95. The number of hydrogen-bond donors (Lipinski definition) is 1. The lowest BCUT2D eigenvalue weighted by atomic mass is 10.2. The normalized spacial score (nSPS) is 14.1. The van der Waals surface area contributed by atoms with Crippen molar-refractivity contribution in [2.45, 2.75) is 0 Å². The molecule has 0 spiro atoms. The molecule has 1 aliphatic heterocycles. The first-order chi connectivity index (χ1) is 14.7. The molecule has 0 unspecified atom stereocenters. The molecule has 0 radical (unpaired) electrons. The third-order valence-electron chi connectivity index (χ3n) is 5.43. The first-order valence-electron chi connectivity index (χ1n) is 9.81. The summed E-state index contributed by atoms with van der Waals surface area (Å²) < 4.78 is 0. The van der Waals surface area contributed by atoms with Crippen molar-refractivity contribution in [1.29, 1.82) is 5.26 Å². The van der Waals surface area contributed by atoms with Gasteiger partial charge in [-0.3, -0.25) is 0 Å². The summed E-state index contributed by atoms with van der Waals surface area (Å²) >= 11 is 6.06. The Hall–Kier alpha value is -3.56. The summed E-state index contributed by atoms with van der Waals surface area (Å²) in [7, 11) is 0. The van der Waals surface area contributed by atoms with Crippen LogP contribution < -0.4 is 9.80 Å². The van der Waals surface area contributed by atoms with Crippen LogP contribution in [0.15, 0.2) is 60.8 Å². The molecule has 2 aromatic heterocycles. The van der Waals surface area contributed by atoms with Gasteiger partial charge in [0.2, 0.25) is 0 Å². The van der Waals surface area contributed by atoms with E-state index in [4.69, 9.17) is 16.9 Å². The van der Waals surface area contributed by atoms with Gasteiger partial charge in [-0.05, 0) is 54.6 Å². The highest BCUT2D eigenvalue weighted by molar-refractivity contribution is 6.31. The summed E-state index contributed by atoms with van der Waals surface area (Å²) in [5.41, 5.74) is 4.59. The SMILES string of the molecule is N#Cc1ccc(N2CCN(c3ccc(-c4nc5cc(Cl)ccc5[nH]4)cn3)CC2)cc1. The topological polar surface area (TPSA) is 71.8 Å². The van der Waals surface area contributed by atoms with E-state index in [-0.39, 0.29) is 0 Å². The van der Waals surface area contributed by atoms with E-state index in [1.54, 1.807) is 0 Å². The quantitative estimate of drug-likeness (QED) is 0.535. The number of H-pyrrole nitrogens is 1. The zero-order valence-corrected chi connectivity index (χ0v) is 17.0. The van der Waals surface area contributed by atoms with Crippen LogP contribution in [-0.2, 0) is 0 Å². The van der Waals surface area contributed by atoms with Crippen LogP contribution in [0, 0.1) is 11.3 Å². The van der Waals surface area contributed by atoms with Crippen molar-refractivity contribution in [2.75, 3.05) is 36.0 Å². The number of nitriles is 1. The highest BCUT2D eigenvalue weighted by Gasteiger charge is 2.18. The second-order valence-corrected chi connectivity index (χ2v) is 7.72. The Morgan fingerprint density at radius 3 is 2.40 bits per heavy atom. The number of anilines is 2. The maximum Gasteiger partial charge on any atom is 0.140 e. The van der Waals surface area contributed by atoms with Gasteiger partial charge in [-0.15, -0.1) is 0 Å². The third-order valence-corrected chi connectivity index (χ3v) is 5.67. The fraction of sp³-hybridized carbons (Fsp3) is 0.174. The molecule has 3 heterocycles. The summed E-state index contributed by atoms with van der Waals surface area (Å²) in [5, 5.41) is 9.63. The Morgan fingerprint density at radius 1 is 0.933 bits per heavy atom. The molecule has 0 atom stereocenters. The highest BCUT2D eigenvalue weighted by atomic mass is 35.5. The molecule has 5 rings (SSSR count). The van der Waals surface area contributed by atoms with E-state index >= 15 is 0 Å². The monoisotopic (exact) mass is 414 g/mol. The average Bonchev–Trinajstić information content (AvgIpc) is 3.23. The van der Waals surface area contributed by atoms with Crippen molar-refractivity contribution in [2.24, 2.45) is 0 Å². The van der Waals surface area contributed by atoms with Crippen molar-refractivity contribution in [3.8, 4) is 17.5 Å². The Kier molecular flexibility index (Phi) is 4.74. The first kappa shape index (κ1) is 18.5. The van der Waals surface area contributed by atoms with Crippen LogP contribution in [0.3, 0.4) is 0 Å². The zero-order chi connectivity index (χ0) is 20.5. The van der Waals surface area contributed by atoms with E-state index in [1.165, 1.54) is 0 Å². The first-order valence-corrected chi connectivity index (χ1v) is 10.2. The summed E-state index contributed by atoms with van der Waals surface area (Å²) in [6.45, 7) is 3.63.